The van der Waals surface area contributed by atoms with E-state index in [1.165, 1.54) is 0 Å². The van der Waals surface area contributed by atoms with E-state index >= 15 is 0 Å². The highest BCUT2D eigenvalue weighted by atomic mass is 16.5. The lowest BCUT2D eigenvalue weighted by Gasteiger charge is -2.17. The van der Waals surface area contributed by atoms with Gasteiger partial charge in [0.05, 0.1) is 23.2 Å². The SMILES string of the molecule is CCOC(=O)c1ccc2c(c1)nc(-c1ccccc1)n2CCN1CCCC1=O. The van der Waals surface area contributed by atoms with Gasteiger partial charge in [0.15, 0.2) is 0 Å². The first kappa shape index (κ1) is 18.2. The first-order valence-corrected chi connectivity index (χ1v) is 9.68. The van der Waals surface area contributed by atoms with E-state index in [-0.39, 0.29) is 11.9 Å². The van der Waals surface area contributed by atoms with Crippen LogP contribution in [-0.2, 0) is 16.1 Å². The second-order valence-corrected chi connectivity index (χ2v) is 6.86. The molecule has 2 aromatic carbocycles. The third kappa shape index (κ3) is 3.50. The maximum Gasteiger partial charge on any atom is 0.338 e. The monoisotopic (exact) mass is 377 g/mol. The summed E-state index contributed by atoms with van der Waals surface area (Å²) in [5.74, 6) is 0.710. The number of ether oxygens (including phenoxy) is 1. The minimum absolute atomic E-state index is 0.218. The molecule has 0 saturated carbocycles. The molecule has 1 aromatic heterocycles. The van der Waals surface area contributed by atoms with E-state index in [0.717, 1.165) is 35.4 Å². The fourth-order valence-electron chi connectivity index (χ4n) is 3.67. The highest BCUT2D eigenvalue weighted by molar-refractivity contribution is 5.94. The van der Waals surface area contributed by atoms with Gasteiger partial charge in [0.1, 0.15) is 5.82 Å². The standard InChI is InChI=1S/C22H23N3O3/c1-2-28-22(27)17-10-11-19-18(15-17)23-21(16-7-4-3-5-8-16)25(19)14-13-24-12-6-9-20(24)26/h3-5,7-8,10-11,15H,2,6,9,12-14H2,1H3. The number of carbonyl (C=O) groups is 2. The van der Waals surface area contributed by atoms with Gasteiger partial charge in [0.25, 0.3) is 0 Å². The van der Waals surface area contributed by atoms with E-state index in [9.17, 15) is 9.59 Å². The minimum atomic E-state index is -0.345. The van der Waals surface area contributed by atoms with E-state index in [4.69, 9.17) is 9.72 Å². The maximum atomic E-state index is 12.1. The van der Waals surface area contributed by atoms with Crippen LogP contribution in [0.3, 0.4) is 0 Å². The predicted molar refractivity (Wildman–Crippen MR) is 107 cm³/mol. The summed E-state index contributed by atoms with van der Waals surface area (Å²) in [7, 11) is 0. The Kier molecular flexibility index (Phi) is 5.10. The van der Waals surface area contributed by atoms with Crippen LogP contribution in [0.15, 0.2) is 48.5 Å². The first-order chi connectivity index (χ1) is 13.7. The van der Waals surface area contributed by atoms with E-state index in [2.05, 4.69) is 4.57 Å². The Morgan fingerprint density at radius 2 is 1.96 bits per heavy atom. The highest BCUT2D eigenvalue weighted by Gasteiger charge is 2.21. The van der Waals surface area contributed by atoms with Crippen molar-refractivity contribution >= 4 is 22.9 Å². The molecule has 0 aliphatic carbocycles. The predicted octanol–water partition coefficient (Wildman–Crippen LogP) is 3.50. The van der Waals surface area contributed by atoms with Crippen molar-refractivity contribution in [3.63, 3.8) is 0 Å². The molecule has 1 aliphatic heterocycles. The van der Waals surface area contributed by atoms with Crippen LogP contribution in [0.25, 0.3) is 22.4 Å². The number of aromatic nitrogens is 2. The molecule has 0 unspecified atom stereocenters. The number of likely N-dealkylation sites (tertiary alicyclic amines) is 1. The van der Waals surface area contributed by atoms with Crippen molar-refractivity contribution in [2.24, 2.45) is 0 Å². The Hall–Kier alpha value is -3.15. The van der Waals surface area contributed by atoms with Crippen molar-refractivity contribution in [3.8, 4) is 11.4 Å². The van der Waals surface area contributed by atoms with Crippen molar-refractivity contribution in [1.29, 1.82) is 0 Å². The van der Waals surface area contributed by atoms with E-state index in [1.807, 2.05) is 41.3 Å². The van der Waals surface area contributed by atoms with Crippen LogP contribution in [0, 0.1) is 0 Å². The number of fused-ring (bicyclic) bond motifs is 1. The fraction of sp³-hybridized carbons (Fsp3) is 0.318. The zero-order valence-corrected chi connectivity index (χ0v) is 15.9. The summed E-state index contributed by atoms with van der Waals surface area (Å²) in [6.07, 6.45) is 1.57. The lowest BCUT2D eigenvalue weighted by molar-refractivity contribution is -0.127. The smallest absolute Gasteiger partial charge is 0.338 e. The molecule has 0 N–H and O–H groups in total. The average Bonchev–Trinajstić information content (AvgIpc) is 3.29. The average molecular weight is 377 g/mol. The van der Waals surface area contributed by atoms with Crippen LogP contribution in [-0.4, -0.2) is 46.0 Å². The Morgan fingerprint density at radius 1 is 1.14 bits per heavy atom. The number of hydrogen-bond acceptors (Lipinski definition) is 4. The number of hydrogen-bond donors (Lipinski definition) is 0. The van der Waals surface area contributed by atoms with Gasteiger partial charge < -0.3 is 14.2 Å². The second-order valence-electron chi connectivity index (χ2n) is 6.86. The number of amides is 1. The molecule has 6 heteroatoms. The summed E-state index contributed by atoms with van der Waals surface area (Å²) >= 11 is 0. The molecule has 1 aliphatic rings. The molecule has 0 atom stereocenters. The zero-order chi connectivity index (χ0) is 19.5. The van der Waals surface area contributed by atoms with Crippen molar-refractivity contribution in [1.82, 2.24) is 14.5 Å². The largest absolute Gasteiger partial charge is 0.462 e. The normalized spacial score (nSPS) is 14.0. The van der Waals surface area contributed by atoms with Crippen LogP contribution in [0.1, 0.15) is 30.1 Å². The van der Waals surface area contributed by atoms with Crippen LogP contribution in [0.2, 0.25) is 0 Å². The van der Waals surface area contributed by atoms with Gasteiger partial charge in [-0.15, -0.1) is 0 Å². The van der Waals surface area contributed by atoms with E-state index in [1.54, 1.807) is 19.1 Å². The van der Waals surface area contributed by atoms with Gasteiger partial charge in [-0.3, -0.25) is 4.79 Å². The van der Waals surface area contributed by atoms with Crippen LogP contribution >= 0.6 is 0 Å². The molecule has 4 rings (SSSR count). The topological polar surface area (TPSA) is 64.4 Å². The van der Waals surface area contributed by atoms with Gasteiger partial charge >= 0.3 is 5.97 Å². The Bertz CT molecular complexity index is 1010. The molecular weight excluding hydrogens is 354 g/mol. The number of esters is 1. The lowest BCUT2D eigenvalue weighted by atomic mass is 10.2. The van der Waals surface area contributed by atoms with Crippen LogP contribution < -0.4 is 0 Å². The molecule has 2 heterocycles. The van der Waals surface area contributed by atoms with Gasteiger partial charge in [-0.25, -0.2) is 9.78 Å². The fourth-order valence-corrected chi connectivity index (χ4v) is 3.67. The van der Waals surface area contributed by atoms with Gasteiger partial charge in [-0.05, 0) is 31.5 Å². The molecule has 6 nitrogen and oxygen atoms in total. The third-order valence-electron chi connectivity index (χ3n) is 5.06. The van der Waals surface area contributed by atoms with Crippen molar-refractivity contribution < 1.29 is 14.3 Å². The number of carbonyl (C=O) groups excluding carboxylic acids is 2. The number of imidazole rings is 1. The van der Waals surface area contributed by atoms with Gasteiger partial charge in [0.2, 0.25) is 5.91 Å². The first-order valence-electron chi connectivity index (χ1n) is 9.68. The maximum absolute atomic E-state index is 12.1. The molecule has 3 aromatic rings. The molecule has 1 saturated heterocycles. The van der Waals surface area contributed by atoms with Gasteiger partial charge in [-0.1, -0.05) is 30.3 Å². The number of rotatable bonds is 6. The van der Waals surface area contributed by atoms with Crippen molar-refractivity contribution in [2.45, 2.75) is 26.3 Å². The quantitative estimate of drug-likeness (QED) is 0.617. The van der Waals surface area contributed by atoms with E-state index < -0.39 is 0 Å². The molecular formula is C22H23N3O3. The number of benzene rings is 2. The van der Waals surface area contributed by atoms with Gasteiger partial charge in [0, 0.05) is 31.6 Å². The Morgan fingerprint density at radius 3 is 2.68 bits per heavy atom. The summed E-state index contributed by atoms with van der Waals surface area (Å²) in [5, 5.41) is 0. The zero-order valence-electron chi connectivity index (χ0n) is 15.9. The van der Waals surface area contributed by atoms with Crippen molar-refractivity contribution in [2.75, 3.05) is 19.7 Å². The molecule has 28 heavy (non-hydrogen) atoms. The molecule has 0 spiro atoms. The summed E-state index contributed by atoms with van der Waals surface area (Å²) in [6.45, 7) is 4.26. The summed E-state index contributed by atoms with van der Waals surface area (Å²) < 4.78 is 7.24. The molecule has 144 valence electrons. The van der Waals surface area contributed by atoms with Crippen molar-refractivity contribution in [3.05, 3.63) is 54.1 Å². The summed E-state index contributed by atoms with van der Waals surface area (Å²) in [6, 6.07) is 15.4. The Balaban J connectivity index is 1.73. The molecule has 1 fully saturated rings. The molecule has 1 amide bonds. The van der Waals surface area contributed by atoms with Gasteiger partial charge in [-0.2, -0.15) is 0 Å². The molecule has 0 bridgehead atoms. The number of nitrogens with zero attached hydrogens (tertiary/aromatic N) is 3. The molecule has 0 radical (unpaired) electrons. The third-order valence-corrected chi connectivity index (χ3v) is 5.06. The lowest BCUT2D eigenvalue weighted by Crippen LogP contribution is -2.28. The second kappa shape index (κ2) is 7.84. The summed E-state index contributed by atoms with van der Waals surface area (Å²) in [5.41, 5.74) is 3.19. The Labute approximate surface area is 163 Å². The van der Waals surface area contributed by atoms with E-state index in [0.29, 0.717) is 31.7 Å². The van der Waals surface area contributed by atoms with Crippen LogP contribution in [0.4, 0.5) is 0 Å². The summed E-state index contributed by atoms with van der Waals surface area (Å²) in [4.78, 5) is 30.8. The minimum Gasteiger partial charge on any atom is -0.462 e. The van der Waals surface area contributed by atoms with Crippen LogP contribution in [0.5, 0.6) is 0 Å². The highest BCUT2D eigenvalue weighted by Crippen LogP contribution is 2.26.